The van der Waals surface area contributed by atoms with Crippen molar-refractivity contribution in [3.8, 4) is 0 Å². The van der Waals surface area contributed by atoms with Gasteiger partial charge >= 0.3 is 12.1 Å². The lowest BCUT2D eigenvalue weighted by atomic mass is 10.2. The number of benzene rings is 1. The second-order valence-electron chi connectivity index (χ2n) is 5.06. The zero-order chi connectivity index (χ0) is 15.2. The number of amides is 1. The minimum absolute atomic E-state index is 0.179. The van der Waals surface area contributed by atoms with Crippen molar-refractivity contribution in [3.63, 3.8) is 0 Å². The third-order valence-electron chi connectivity index (χ3n) is 2.90. The van der Waals surface area contributed by atoms with Crippen molar-refractivity contribution in [1.29, 1.82) is 0 Å². The number of ether oxygens (including phenoxy) is 3. The van der Waals surface area contributed by atoms with Crippen molar-refractivity contribution in [3.05, 3.63) is 35.9 Å². The molecule has 0 aromatic heterocycles. The first-order chi connectivity index (χ1) is 10.1. The highest BCUT2D eigenvalue weighted by Crippen LogP contribution is 2.13. The van der Waals surface area contributed by atoms with Crippen LogP contribution in [0.3, 0.4) is 0 Å². The molecule has 0 aliphatic carbocycles. The third-order valence-corrected chi connectivity index (χ3v) is 2.90. The summed E-state index contributed by atoms with van der Waals surface area (Å²) in [5, 5.41) is 2.56. The predicted molar refractivity (Wildman–Crippen MR) is 74.5 cm³/mol. The Hall–Kier alpha value is -2.08. The predicted octanol–water partition coefficient (Wildman–Crippen LogP) is 1.63. The summed E-state index contributed by atoms with van der Waals surface area (Å²) in [6.07, 6.45) is -1.85. The molecule has 0 bridgehead atoms. The SMILES string of the molecule is CC(C)OC(=O)[C@@H]1OC(=O)N[C@H]1COCc1ccccc1. The second-order valence-corrected chi connectivity index (χ2v) is 5.06. The molecule has 1 aliphatic heterocycles. The first-order valence-electron chi connectivity index (χ1n) is 6.85. The van der Waals surface area contributed by atoms with Gasteiger partial charge in [0.1, 0.15) is 6.04 Å². The summed E-state index contributed by atoms with van der Waals surface area (Å²) in [5.41, 5.74) is 1.02. The van der Waals surface area contributed by atoms with Crippen LogP contribution in [0.15, 0.2) is 30.3 Å². The molecule has 1 saturated heterocycles. The van der Waals surface area contributed by atoms with E-state index in [2.05, 4.69) is 5.32 Å². The van der Waals surface area contributed by atoms with Crippen LogP contribution >= 0.6 is 0 Å². The summed E-state index contributed by atoms with van der Waals surface area (Å²) in [6, 6.07) is 9.10. The molecule has 1 N–H and O–H groups in total. The fourth-order valence-electron chi connectivity index (χ4n) is 1.98. The zero-order valence-electron chi connectivity index (χ0n) is 12.1. The molecule has 6 nitrogen and oxygen atoms in total. The van der Waals surface area contributed by atoms with Gasteiger partial charge < -0.3 is 19.5 Å². The van der Waals surface area contributed by atoms with Gasteiger partial charge in [-0.05, 0) is 19.4 Å². The highest BCUT2D eigenvalue weighted by molar-refractivity contribution is 5.83. The van der Waals surface area contributed by atoms with Gasteiger partial charge in [0.05, 0.1) is 19.3 Å². The van der Waals surface area contributed by atoms with E-state index in [1.54, 1.807) is 13.8 Å². The smallest absolute Gasteiger partial charge is 0.408 e. The summed E-state index contributed by atoms with van der Waals surface area (Å²) < 4.78 is 15.5. The molecule has 0 saturated carbocycles. The highest BCUT2D eigenvalue weighted by Gasteiger charge is 2.41. The van der Waals surface area contributed by atoms with Crippen LogP contribution in [-0.4, -0.2) is 36.9 Å². The summed E-state index contributed by atoms with van der Waals surface area (Å²) >= 11 is 0. The number of esters is 1. The molecule has 1 amide bonds. The molecular weight excluding hydrogens is 274 g/mol. The summed E-state index contributed by atoms with van der Waals surface area (Å²) in [4.78, 5) is 23.1. The largest absolute Gasteiger partial charge is 0.460 e. The molecule has 1 aromatic rings. The minimum Gasteiger partial charge on any atom is -0.460 e. The Bertz CT molecular complexity index is 488. The fraction of sp³-hybridized carbons (Fsp3) is 0.467. The molecule has 114 valence electrons. The van der Waals surface area contributed by atoms with Crippen molar-refractivity contribution < 1.29 is 23.8 Å². The molecule has 0 unspecified atom stereocenters. The van der Waals surface area contributed by atoms with Crippen LogP contribution in [0.2, 0.25) is 0 Å². The number of cyclic esters (lactones) is 1. The van der Waals surface area contributed by atoms with Gasteiger partial charge in [-0.1, -0.05) is 30.3 Å². The lowest BCUT2D eigenvalue weighted by molar-refractivity contribution is -0.157. The maximum Gasteiger partial charge on any atom is 0.408 e. The average molecular weight is 293 g/mol. The van der Waals surface area contributed by atoms with E-state index in [-0.39, 0.29) is 12.7 Å². The van der Waals surface area contributed by atoms with Crippen molar-refractivity contribution in [2.75, 3.05) is 6.61 Å². The molecule has 2 atom stereocenters. The Balaban J connectivity index is 1.85. The summed E-state index contributed by atoms with van der Waals surface area (Å²) in [5.74, 6) is -0.559. The minimum atomic E-state index is -0.962. The monoisotopic (exact) mass is 293 g/mol. The Morgan fingerprint density at radius 3 is 2.71 bits per heavy atom. The maximum atomic E-state index is 11.8. The molecule has 0 radical (unpaired) electrons. The number of nitrogens with one attached hydrogen (secondary N) is 1. The van der Waals surface area contributed by atoms with E-state index in [9.17, 15) is 9.59 Å². The Kier molecular flexibility index (Phi) is 5.16. The normalized spacial score (nSPS) is 21.0. The molecule has 1 heterocycles. The molecule has 1 aliphatic rings. The van der Waals surface area contributed by atoms with E-state index < -0.39 is 24.2 Å². The lowest BCUT2D eigenvalue weighted by Crippen LogP contribution is -2.41. The van der Waals surface area contributed by atoms with E-state index in [0.29, 0.717) is 6.61 Å². The fourth-order valence-corrected chi connectivity index (χ4v) is 1.98. The van der Waals surface area contributed by atoms with E-state index in [0.717, 1.165) is 5.56 Å². The van der Waals surface area contributed by atoms with Crippen LogP contribution in [0, 0.1) is 0 Å². The third kappa shape index (κ3) is 4.46. The number of alkyl carbamates (subject to hydrolysis) is 1. The Morgan fingerprint density at radius 1 is 1.33 bits per heavy atom. The van der Waals surface area contributed by atoms with Crippen LogP contribution < -0.4 is 5.32 Å². The van der Waals surface area contributed by atoms with Crippen molar-refractivity contribution >= 4 is 12.1 Å². The molecule has 1 aromatic carbocycles. The van der Waals surface area contributed by atoms with Gasteiger partial charge in [0, 0.05) is 0 Å². The van der Waals surface area contributed by atoms with Gasteiger partial charge in [0.15, 0.2) is 0 Å². The molecule has 6 heteroatoms. The van der Waals surface area contributed by atoms with E-state index >= 15 is 0 Å². The van der Waals surface area contributed by atoms with Crippen LogP contribution in [0.5, 0.6) is 0 Å². The van der Waals surface area contributed by atoms with Crippen LogP contribution in [-0.2, 0) is 25.6 Å². The van der Waals surface area contributed by atoms with Crippen molar-refractivity contribution in [1.82, 2.24) is 5.32 Å². The molecule has 21 heavy (non-hydrogen) atoms. The standard InChI is InChI=1S/C15H19NO5/c1-10(2)20-14(17)13-12(16-15(18)21-13)9-19-8-11-6-4-3-5-7-11/h3-7,10,12-13H,8-9H2,1-2H3,(H,16,18)/t12-,13+/m0/s1. The van der Waals surface area contributed by atoms with Gasteiger partial charge in [-0.2, -0.15) is 0 Å². The number of hydrogen-bond acceptors (Lipinski definition) is 5. The van der Waals surface area contributed by atoms with Crippen LogP contribution in [0.1, 0.15) is 19.4 Å². The molecule has 0 spiro atoms. The summed E-state index contributed by atoms with van der Waals surface area (Å²) in [6.45, 7) is 4.06. The second kappa shape index (κ2) is 7.08. The Morgan fingerprint density at radius 2 is 2.05 bits per heavy atom. The van der Waals surface area contributed by atoms with Gasteiger partial charge in [-0.15, -0.1) is 0 Å². The van der Waals surface area contributed by atoms with Gasteiger partial charge in [0.25, 0.3) is 0 Å². The van der Waals surface area contributed by atoms with Gasteiger partial charge in [-0.3, -0.25) is 0 Å². The topological polar surface area (TPSA) is 73.9 Å². The van der Waals surface area contributed by atoms with Crippen LogP contribution in [0.25, 0.3) is 0 Å². The number of carbonyl (C=O) groups is 2. The van der Waals surface area contributed by atoms with Gasteiger partial charge in [0.2, 0.25) is 6.10 Å². The first kappa shape index (κ1) is 15.3. The van der Waals surface area contributed by atoms with E-state index in [1.165, 1.54) is 0 Å². The van der Waals surface area contributed by atoms with Gasteiger partial charge in [-0.25, -0.2) is 9.59 Å². The molecular formula is C15H19NO5. The number of rotatable bonds is 6. The van der Waals surface area contributed by atoms with E-state index in [1.807, 2.05) is 30.3 Å². The molecule has 2 rings (SSSR count). The first-order valence-corrected chi connectivity index (χ1v) is 6.85. The molecule has 1 fully saturated rings. The number of hydrogen-bond donors (Lipinski definition) is 1. The van der Waals surface area contributed by atoms with E-state index in [4.69, 9.17) is 14.2 Å². The zero-order valence-corrected chi connectivity index (χ0v) is 12.1. The maximum absolute atomic E-state index is 11.8. The van der Waals surface area contributed by atoms with Crippen LogP contribution in [0.4, 0.5) is 4.79 Å². The quantitative estimate of drug-likeness (QED) is 0.807. The average Bonchev–Trinajstić information content (AvgIpc) is 2.80. The summed E-state index contributed by atoms with van der Waals surface area (Å²) in [7, 11) is 0. The van der Waals surface area contributed by atoms with Crippen molar-refractivity contribution in [2.45, 2.75) is 38.7 Å². The lowest BCUT2D eigenvalue weighted by Gasteiger charge is -2.17. The number of carbonyl (C=O) groups excluding carboxylic acids is 2. The van der Waals surface area contributed by atoms with Crippen molar-refractivity contribution in [2.24, 2.45) is 0 Å². The Labute approximate surface area is 123 Å². The highest BCUT2D eigenvalue weighted by atomic mass is 16.6.